The van der Waals surface area contributed by atoms with Crippen molar-refractivity contribution in [1.29, 1.82) is 0 Å². The fraction of sp³-hybridized carbons (Fsp3) is 0.190. The van der Waals surface area contributed by atoms with Crippen LogP contribution in [0.3, 0.4) is 0 Å². The van der Waals surface area contributed by atoms with Gasteiger partial charge in [-0.05, 0) is 43.7 Å². The molecule has 0 fully saturated rings. The van der Waals surface area contributed by atoms with E-state index in [-0.39, 0.29) is 12.4 Å². The van der Waals surface area contributed by atoms with Crippen molar-refractivity contribution in [3.63, 3.8) is 0 Å². The highest BCUT2D eigenvalue weighted by atomic mass is 35.5. The minimum atomic E-state index is -0.573. The molecular weight excluding hydrogens is 366 g/mol. The summed E-state index contributed by atoms with van der Waals surface area (Å²) in [5, 5.41) is 1.20. The molecule has 0 unspecified atom stereocenters. The van der Waals surface area contributed by atoms with Gasteiger partial charge in [0, 0.05) is 10.9 Å². The third-order valence-corrected chi connectivity index (χ3v) is 4.64. The summed E-state index contributed by atoms with van der Waals surface area (Å²) in [6.07, 6.45) is 0. The van der Waals surface area contributed by atoms with Gasteiger partial charge in [-0.3, -0.25) is 9.78 Å². The van der Waals surface area contributed by atoms with Gasteiger partial charge in [0.1, 0.15) is 5.75 Å². The number of para-hydroxylation sites is 1. The molecule has 0 amide bonds. The summed E-state index contributed by atoms with van der Waals surface area (Å²) in [5.41, 5.74) is 2.89. The molecule has 0 saturated heterocycles. The maximum absolute atomic E-state index is 12.6. The number of carbonyl (C=O) groups excluding carboxylic acids is 2. The molecule has 0 aliphatic rings. The molecule has 2 aromatic carbocycles. The summed E-state index contributed by atoms with van der Waals surface area (Å²) in [4.78, 5) is 29.4. The van der Waals surface area contributed by atoms with Crippen LogP contribution in [-0.4, -0.2) is 30.5 Å². The largest absolute Gasteiger partial charge is 0.495 e. The van der Waals surface area contributed by atoms with Crippen LogP contribution in [0.15, 0.2) is 42.5 Å². The maximum Gasteiger partial charge on any atom is 0.340 e. The maximum atomic E-state index is 12.6. The molecule has 0 saturated carbocycles. The standard InChI is InChI=1S/C21H18ClNO4/c1-12-15-6-4-5-7-17(15)23-13(2)20(12)21(25)27-11-18(24)14-8-9-19(26-3)16(22)10-14/h4-10H,11H2,1-3H3. The molecule has 1 heterocycles. The SMILES string of the molecule is COc1ccc(C(=O)COC(=O)c2c(C)nc3ccccc3c2C)cc1Cl. The fourth-order valence-electron chi connectivity index (χ4n) is 2.96. The quantitative estimate of drug-likeness (QED) is 0.477. The van der Waals surface area contributed by atoms with Crippen molar-refractivity contribution in [3.8, 4) is 5.75 Å². The second kappa shape index (κ2) is 7.76. The molecule has 0 bridgehead atoms. The number of hydrogen-bond acceptors (Lipinski definition) is 5. The first-order chi connectivity index (χ1) is 12.9. The Bertz CT molecular complexity index is 1050. The lowest BCUT2D eigenvalue weighted by Crippen LogP contribution is -2.16. The van der Waals surface area contributed by atoms with E-state index in [4.69, 9.17) is 21.1 Å². The van der Waals surface area contributed by atoms with Crippen LogP contribution in [0.25, 0.3) is 10.9 Å². The normalized spacial score (nSPS) is 10.7. The molecule has 0 aliphatic heterocycles. The molecule has 3 rings (SSSR count). The molecule has 3 aromatic rings. The number of carbonyl (C=O) groups is 2. The third kappa shape index (κ3) is 3.78. The summed E-state index contributed by atoms with van der Waals surface area (Å²) in [6, 6.07) is 12.2. The Labute approximate surface area is 161 Å². The van der Waals surface area contributed by atoms with E-state index in [0.29, 0.717) is 27.6 Å². The highest BCUT2D eigenvalue weighted by Gasteiger charge is 2.19. The summed E-state index contributed by atoms with van der Waals surface area (Å²) < 4.78 is 10.3. The number of ketones is 1. The number of halogens is 1. The Hall–Kier alpha value is -2.92. The van der Waals surface area contributed by atoms with Crippen LogP contribution in [-0.2, 0) is 4.74 Å². The van der Waals surface area contributed by atoms with Crippen LogP contribution >= 0.6 is 11.6 Å². The van der Waals surface area contributed by atoms with E-state index in [0.717, 1.165) is 16.5 Å². The van der Waals surface area contributed by atoms with E-state index >= 15 is 0 Å². The second-order valence-corrected chi connectivity index (χ2v) is 6.47. The lowest BCUT2D eigenvalue weighted by molar-refractivity contribution is 0.0473. The summed E-state index contributed by atoms with van der Waals surface area (Å²) in [5.74, 6) is -0.452. The minimum absolute atomic E-state index is 0.320. The number of rotatable bonds is 5. The Morgan fingerprint density at radius 3 is 2.56 bits per heavy atom. The predicted molar refractivity (Wildman–Crippen MR) is 104 cm³/mol. The molecular formula is C21H18ClNO4. The number of nitrogens with zero attached hydrogens (tertiary/aromatic N) is 1. The first-order valence-corrected chi connectivity index (χ1v) is 8.70. The van der Waals surface area contributed by atoms with Crippen molar-refractivity contribution in [2.75, 3.05) is 13.7 Å². The molecule has 0 aliphatic carbocycles. The van der Waals surface area contributed by atoms with Gasteiger partial charge in [-0.15, -0.1) is 0 Å². The van der Waals surface area contributed by atoms with Gasteiger partial charge in [-0.2, -0.15) is 0 Å². The zero-order chi connectivity index (χ0) is 19.6. The highest BCUT2D eigenvalue weighted by molar-refractivity contribution is 6.32. The van der Waals surface area contributed by atoms with E-state index in [2.05, 4.69) is 4.98 Å². The van der Waals surface area contributed by atoms with Crippen LogP contribution in [0.4, 0.5) is 0 Å². The molecule has 1 aromatic heterocycles. The van der Waals surface area contributed by atoms with Gasteiger partial charge < -0.3 is 9.47 Å². The van der Waals surface area contributed by atoms with Crippen molar-refractivity contribution in [1.82, 2.24) is 4.98 Å². The molecule has 27 heavy (non-hydrogen) atoms. The second-order valence-electron chi connectivity index (χ2n) is 6.06. The Morgan fingerprint density at radius 2 is 1.85 bits per heavy atom. The van der Waals surface area contributed by atoms with Crippen LogP contribution in [0.5, 0.6) is 5.75 Å². The highest BCUT2D eigenvalue weighted by Crippen LogP contribution is 2.26. The topological polar surface area (TPSA) is 65.5 Å². The van der Waals surface area contributed by atoms with E-state index in [1.54, 1.807) is 19.1 Å². The van der Waals surface area contributed by atoms with Gasteiger partial charge in [0.25, 0.3) is 0 Å². The molecule has 5 nitrogen and oxygen atoms in total. The lowest BCUT2D eigenvalue weighted by Gasteiger charge is -2.12. The average molecular weight is 384 g/mol. The molecule has 0 spiro atoms. The van der Waals surface area contributed by atoms with E-state index < -0.39 is 5.97 Å². The Balaban J connectivity index is 1.79. The molecule has 0 N–H and O–H groups in total. The number of methoxy groups -OCH3 is 1. The molecule has 138 valence electrons. The zero-order valence-corrected chi connectivity index (χ0v) is 16.0. The number of ether oxygens (including phenoxy) is 2. The van der Waals surface area contributed by atoms with Crippen molar-refractivity contribution in [3.05, 3.63) is 69.9 Å². The van der Waals surface area contributed by atoms with Gasteiger partial charge >= 0.3 is 5.97 Å². The predicted octanol–water partition coefficient (Wildman–Crippen LogP) is 4.55. The molecule has 0 radical (unpaired) electrons. The summed E-state index contributed by atoms with van der Waals surface area (Å²) in [7, 11) is 1.49. The van der Waals surface area contributed by atoms with Crippen molar-refractivity contribution >= 4 is 34.3 Å². The number of benzene rings is 2. The number of esters is 1. The van der Waals surface area contributed by atoms with E-state index in [9.17, 15) is 9.59 Å². The van der Waals surface area contributed by atoms with E-state index in [1.165, 1.54) is 13.2 Å². The lowest BCUT2D eigenvalue weighted by atomic mass is 10.0. The van der Waals surface area contributed by atoms with Gasteiger partial charge in [-0.1, -0.05) is 29.8 Å². The molecule has 0 atom stereocenters. The van der Waals surface area contributed by atoms with Gasteiger partial charge in [0.2, 0.25) is 0 Å². The van der Waals surface area contributed by atoms with E-state index in [1.807, 2.05) is 31.2 Å². The smallest absolute Gasteiger partial charge is 0.340 e. The Kier molecular flexibility index (Phi) is 5.42. The van der Waals surface area contributed by atoms with Crippen LogP contribution in [0.2, 0.25) is 5.02 Å². The fourth-order valence-corrected chi connectivity index (χ4v) is 3.22. The van der Waals surface area contributed by atoms with Crippen molar-refractivity contribution in [2.45, 2.75) is 13.8 Å². The zero-order valence-electron chi connectivity index (χ0n) is 15.2. The average Bonchev–Trinajstić information content (AvgIpc) is 2.66. The number of Topliss-reactive ketones (excluding diaryl/α,β-unsaturated/α-hetero) is 1. The minimum Gasteiger partial charge on any atom is -0.495 e. The van der Waals surface area contributed by atoms with Gasteiger partial charge in [0.05, 0.1) is 28.9 Å². The number of pyridine rings is 1. The number of aryl methyl sites for hydroxylation is 2. The summed E-state index contributed by atoms with van der Waals surface area (Å²) >= 11 is 6.04. The van der Waals surface area contributed by atoms with Gasteiger partial charge in [-0.25, -0.2) is 4.79 Å². The van der Waals surface area contributed by atoms with Crippen molar-refractivity contribution in [2.24, 2.45) is 0 Å². The first kappa shape index (κ1) is 18.9. The van der Waals surface area contributed by atoms with Crippen molar-refractivity contribution < 1.29 is 19.1 Å². The molecule has 6 heteroatoms. The van der Waals surface area contributed by atoms with Crippen LogP contribution in [0.1, 0.15) is 32.0 Å². The third-order valence-electron chi connectivity index (χ3n) is 4.35. The monoisotopic (exact) mass is 383 g/mol. The number of fused-ring (bicyclic) bond motifs is 1. The van der Waals surface area contributed by atoms with Crippen LogP contribution in [0, 0.1) is 13.8 Å². The Morgan fingerprint density at radius 1 is 1.11 bits per heavy atom. The number of hydrogen-bond donors (Lipinski definition) is 0. The van der Waals surface area contributed by atoms with Gasteiger partial charge in [0.15, 0.2) is 12.4 Å². The van der Waals surface area contributed by atoms with Crippen LogP contribution < -0.4 is 4.74 Å². The first-order valence-electron chi connectivity index (χ1n) is 8.32. The number of aromatic nitrogens is 1. The summed E-state index contributed by atoms with van der Waals surface area (Å²) in [6.45, 7) is 3.22.